The van der Waals surface area contributed by atoms with Crippen molar-refractivity contribution >= 4 is 21.9 Å². The maximum absolute atomic E-state index is 10.7. The second-order valence-electron chi connectivity index (χ2n) is 2.24. The van der Waals surface area contributed by atoms with E-state index in [4.69, 9.17) is 10.2 Å². The van der Waals surface area contributed by atoms with Crippen molar-refractivity contribution in [2.45, 2.75) is 6.61 Å². The summed E-state index contributed by atoms with van der Waals surface area (Å²) in [5.41, 5.74) is 0.539. The lowest BCUT2D eigenvalue weighted by molar-refractivity contribution is 0.0692. The molecule has 1 rings (SSSR count). The summed E-state index contributed by atoms with van der Waals surface area (Å²) in [4.78, 5) is 10.7. The molecule has 0 aliphatic carbocycles. The van der Waals surface area contributed by atoms with Gasteiger partial charge in [-0.05, 0) is 27.6 Å². The minimum absolute atomic E-state index is 0.125. The highest BCUT2D eigenvalue weighted by Crippen LogP contribution is 2.20. The maximum atomic E-state index is 10.7. The predicted molar refractivity (Wildman–Crippen MR) is 47.0 cm³/mol. The molecular formula is C8H7BrO3. The Morgan fingerprint density at radius 2 is 2.17 bits per heavy atom. The van der Waals surface area contributed by atoms with Gasteiger partial charge in [-0.1, -0.05) is 12.1 Å². The average Bonchev–Trinajstić information content (AvgIpc) is 2.03. The summed E-state index contributed by atoms with van der Waals surface area (Å²) in [6.07, 6.45) is 0. The molecule has 0 aliphatic rings. The Balaban J connectivity index is 3.29. The van der Waals surface area contributed by atoms with Crippen LogP contribution in [0.15, 0.2) is 22.7 Å². The minimum atomic E-state index is -1.04. The van der Waals surface area contributed by atoms with Crippen LogP contribution in [0.5, 0.6) is 0 Å². The topological polar surface area (TPSA) is 57.5 Å². The quantitative estimate of drug-likeness (QED) is 0.813. The van der Waals surface area contributed by atoms with E-state index < -0.39 is 5.97 Å². The van der Waals surface area contributed by atoms with Crippen molar-refractivity contribution in [1.29, 1.82) is 0 Å². The zero-order valence-electron chi connectivity index (χ0n) is 6.12. The van der Waals surface area contributed by atoms with E-state index in [9.17, 15) is 4.79 Å². The van der Waals surface area contributed by atoms with Crippen molar-refractivity contribution in [3.63, 3.8) is 0 Å². The molecule has 0 fully saturated rings. The molecule has 12 heavy (non-hydrogen) atoms. The van der Waals surface area contributed by atoms with Crippen molar-refractivity contribution in [2.75, 3.05) is 0 Å². The Labute approximate surface area is 77.8 Å². The van der Waals surface area contributed by atoms with Gasteiger partial charge in [-0.25, -0.2) is 4.79 Å². The monoisotopic (exact) mass is 230 g/mol. The second kappa shape index (κ2) is 3.69. The number of rotatable bonds is 2. The van der Waals surface area contributed by atoms with E-state index in [2.05, 4.69) is 15.9 Å². The van der Waals surface area contributed by atoms with E-state index in [1.165, 1.54) is 0 Å². The largest absolute Gasteiger partial charge is 0.478 e. The molecule has 0 spiro atoms. The number of benzene rings is 1. The van der Waals surface area contributed by atoms with Gasteiger partial charge in [-0.3, -0.25) is 0 Å². The fourth-order valence-corrected chi connectivity index (χ4v) is 1.52. The number of carbonyl (C=O) groups is 1. The highest BCUT2D eigenvalue weighted by molar-refractivity contribution is 9.10. The van der Waals surface area contributed by atoms with Crippen molar-refractivity contribution in [1.82, 2.24) is 0 Å². The lowest BCUT2D eigenvalue weighted by Gasteiger charge is -2.03. The van der Waals surface area contributed by atoms with Crippen LogP contribution in [0.3, 0.4) is 0 Å². The van der Waals surface area contributed by atoms with Crippen molar-refractivity contribution in [3.8, 4) is 0 Å². The van der Waals surface area contributed by atoms with E-state index in [1.54, 1.807) is 18.2 Å². The molecule has 64 valence electrons. The summed E-state index contributed by atoms with van der Waals surface area (Å²) in [5, 5.41) is 17.5. The molecule has 0 unspecified atom stereocenters. The molecule has 0 saturated carbocycles. The van der Waals surface area contributed by atoms with Gasteiger partial charge in [-0.2, -0.15) is 0 Å². The van der Waals surface area contributed by atoms with E-state index in [-0.39, 0.29) is 12.2 Å². The average molecular weight is 231 g/mol. The number of aliphatic hydroxyl groups is 1. The van der Waals surface area contributed by atoms with Crippen LogP contribution in [-0.2, 0) is 6.61 Å². The Hall–Kier alpha value is -0.870. The summed E-state index contributed by atoms with van der Waals surface area (Å²) < 4.78 is 0.488. The van der Waals surface area contributed by atoms with Crippen LogP contribution >= 0.6 is 15.9 Å². The summed E-state index contributed by atoms with van der Waals surface area (Å²) in [6, 6.07) is 4.89. The van der Waals surface area contributed by atoms with Crippen LogP contribution in [0.25, 0.3) is 0 Å². The van der Waals surface area contributed by atoms with Gasteiger partial charge in [0.05, 0.1) is 12.2 Å². The van der Waals surface area contributed by atoms with Crippen LogP contribution in [0.4, 0.5) is 0 Å². The molecule has 1 aromatic rings. The van der Waals surface area contributed by atoms with Gasteiger partial charge in [0.2, 0.25) is 0 Å². The van der Waals surface area contributed by atoms with E-state index in [0.29, 0.717) is 10.0 Å². The first-order chi connectivity index (χ1) is 5.66. The molecule has 0 amide bonds. The van der Waals surface area contributed by atoms with Crippen molar-refractivity contribution in [3.05, 3.63) is 33.8 Å². The van der Waals surface area contributed by atoms with Gasteiger partial charge in [0.25, 0.3) is 0 Å². The van der Waals surface area contributed by atoms with Gasteiger partial charge in [-0.15, -0.1) is 0 Å². The summed E-state index contributed by atoms with van der Waals surface area (Å²) in [6.45, 7) is -0.263. The Bertz CT molecular complexity index is 309. The minimum Gasteiger partial charge on any atom is -0.478 e. The van der Waals surface area contributed by atoms with Crippen molar-refractivity contribution in [2.24, 2.45) is 0 Å². The highest BCUT2D eigenvalue weighted by atomic mass is 79.9. The third-order valence-corrected chi connectivity index (χ3v) is 2.14. The summed E-state index contributed by atoms with van der Waals surface area (Å²) >= 11 is 3.10. The predicted octanol–water partition coefficient (Wildman–Crippen LogP) is 1.64. The number of aromatic carboxylic acids is 1. The Morgan fingerprint density at radius 3 is 2.58 bits per heavy atom. The molecule has 2 N–H and O–H groups in total. The second-order valence-corrected chi connectivity index (χ2v) is 3.09. The zero-order valence-corrected chi connectivity index (χ0v) is 7.71. The van der Waals surface area contributed by atoms with E-state index in [0.717, 1.165) is 0 Å². The third kappa shape index (κ3) is 1.65. The van der Waals surface area contributed by atoms with Crippen LogP contribution < -0.4 is 0 Å². The molecule has 4 heteroatoms. The number of hydrogen-bond donors (Lipinski definition) is 2. The van der Waals surface area contributed by atoms with Gasteiger partial charge in [0, 0.05) is 4.47 Å². The van der Waals surface area contributed by atoms with E-state index in [1.807, 2.05) is 0 Å². The lowest BCUT2D eigenvalue weighted by Crippen LogP contribution is -2.03. The van der Waals surface area contributed by atoms with E-state index >= 15 is 0 Å². The lowest BCUT2D eigenvalue weighted by atomic mass is 10.1. The van der Waals surface area contributed by atoms with Crippen LogP contribution in [0, 0.1) is 0 Å². The molecular weight excluding hydrogens is 224 g/mol. The highest BCUT2D eigenvalue weighted by Gasteiger charge is 2.12. The number of aliphatic hydroxyl groups excluding tert-OH is 1. The molecule has 0 radical (unpaired) electrons. The summed E-state index contributed by atoms with van der Waals surface area (Å²) in [7, 11) is 0. The molecule has 0 atom stereocenters. The maximum Gasteiger partial charge on any atom is 0.337 e. The fraction of sp³-hybridized carbons (Fsp3) is 0.125. The number of halogens is 1. The summed E-state index contributed by atoms with van der Waals surface area (Å²) in [5.74, 6) is -1.04. The van der Waals surface area contributed by atoms with Gasteiger partial charge < -0.3 is 10.2 Å². The molecule has 0 aliphatic heterocycles. The smallest absolute Gasteiger partial charge is 0.337 e. The molecule has 0 aromatic heterocycles. The number of carboxylic acid groups (broad SMARTS) is 1. The molecule has 1 aromatic carbocycles. The fourth-order valence-electron chi connectivity index (χ4n) is 0.940. The van der Waals surface area contributed by atoms with Gasteiger partial charge >= 0.3 is 5.97 Å². The van der Waals surface area contributed by atoms with Gasteiger partial charge in [0.15, 0.2) is 0 Å². The first kappa shape index (κ1) is 9.22. The molecule has 3 nitrogen and oxygen atoms in total. The van der Waals surface area contributed by atoms with Crippen molar-refractivity contribution < 1.29 is 15.0 Å². The molecule has 0 bridgehead atoms. The first-order valence-electron chi connectivity index (χ1n) is 3.28. The Kier molecular flexibility index (Phi) is 2.83. The normalized spacial score (nSPS) is 9.83. The van der Waals surface area contributed by atoms with Crippen LogP contribution in [0.1, 0.15) is 15.9 Å². The van der Waals surface area contributed by atoms with Crippen LogP contribution in [-0.4, -0.2) is 16.2 Å². The Morgan fingerprint density at radius 1 is 1.50 bits per heavy atom. The SMILES string of the molecule is O=C(O)c1c(Br)cccc1CO. The number of carboxylic acids is 1. The van der Waals surface area contributed by atoms with Gasteiger partial charge in [0.1, 0.15) is 0 Å². The first-order valence-corrected chi connectivity index (χ1v) is 4.07. The number of hydrogen-bond acceptors (Lipinski definition) is 2. The zero-order chi connectivity index (χ0) is 9.14. The molecule has 0 saturated heterocycles. The van der Waals surface area contributed by atoms with Crippen LogP contribution in [0.2, 0.25) is 0 Å². The molecule has 0 heterocycles. The third-order valence-electron chi connectivity index (χ3n) is 1.48. The standard InChI is InChI=1S/C8H7BrO3/c9-6-3-1-2-5(4-10)7(6)8(11)12/h1-3,10H,4H2,(H,11,12).